The molecule has 0 saturated carbocycles. The van der Waals surface area contributed by atoms with Gasteiger partial charge in [-0.2, -0.15) is 5.26 Å². The van der Waals surface area contributed by atoms with Gasteiger partial charge >= 0.3 is 0 Å². The lowest BCUT2D eigenvalue weighted by Crippen LogP contribution is -2.34. The fourth-order valence-electron chi connectivity index (χ4n) is 2.01. The van der Waals surface area contributed by atoms with Crippen LogP contribution < -0.4 is 5.73 Å². The Hall–Kier alpha value is -2.12. The Labute approximate surface area is 113 Å². The monoisotopic (exact) mass is 254 g/mol. The van der Waals surface area contributed by atoms with Crippen molar-refractivity contribution in [2.45, 2.75) is 31.8 Å². The fourth-order valence-corrected chi connectivity index (χ4v) is 2.01. The molecule has 1 unspecified atom stereocenters. The molecule has 4 nitrogen and oxygen atoms in total. The maximum absolute atomic E-state index is 8.89. The number of hydrogen-bond acceptors (Lipinski definition) is 3. The van der Waals surface area contributed by atoms with Crippen LogP contribution in [0.3, 0.4) is 0 Å². The minimum atomic E-state index is -0.743. The van der Waals surface area contributed by atoms with Crippen LogP contribution in [0.1, 0.15) is 19.8 Å². The van der Waals surface area contributed by atoms with Gasteiger partial charge in [0.1, 0.15) is 11.4 Å². The Balaban J connectivity index is 2.04. The van der Waals surface area contributed by atoms with Gasteiger partial charge in [0.25, 0.3) is 0 Å². The lowest BCUT2D eigenvalue weighted by molar-refractivity contribution is 0.490. The third-order valence-corrected chi connectivity index (χ3v) is 3.10. The van der Waals surface area contributed by atoms with Crippen LogP contribution in [-0.4, -0.2) is 15.1 Å². The van der Waals surface area contributed by atoms with Crippen LogP contribution in [0.4, 0.5) is 0 Å². The van der Waals surface area contributed by atoms with Crippen molar-refractivity contribution in [2.24, 2.45) is 5.73 Å². The minimum absolute atomic E-state index is 0.676. The predicted octanol–water partition coefficient (Wildman–Crippen LogP) is 2.57. The highest BCUT2D eigenvalue weighted by Crippen LogP contribution is 2.18. The maximum Gasteiger partial charge on any atom is 0.139 e. The van der Waals surface area contributed by atoms with Crippen LogP contribution >= 0.6 is 0 Å². The number of nitrogens with two attached hydrogens (primary N) is 1. The fraction of sp³-hybridized carbons (Fsp3) is 0.333. The summed E-state index contributed by atoms with van der Waals surface area (Å²) in [5, 5.41) is 8.89. The molecule has 1 aromatic carbocycles. The second-order valence-corrected chi connectivity index (χ2v) is 4.94. The summed E-state index contributed by atoms with van der Waals surface area (Å²) in [5.41, 5.74) is 6.18. The molecule has 0 radical (unpaired) electrons. The number of aromatic nitrogens is 2. The number of nitriles is 1. The van der Waals surface area contributed by atoms with E-state index in [1.807, 2.05) is 36.5 Å². The molecule has 2 N–H and O–H groups in total. The third kappa shape index (κ3) is 3.43. The first-order valence-corrected chi connectivity index (χ1v) is 6.39. The highest BCUT2D eigenvalue weighted by Gasteiger charge is 2.16. The zero-order valence-corrected chi connectivity index (χ0v) is 11.1. The summed E-state index contributed by atoms with van der Waals surface area (Å²) >= 11 is 0. The summed E-state index contributed by atoms with van der Waals surface area (Å²) in [6.07, 6.45) is 5.30. The van der Waals surface area contributed by atoms with Crippen molar-refractivity contribution in [1.29, 1.82) is 5.26 Å². The van der Waals surface area contributed by atoms with Gasteiger partial charge in [0, 0.05) is 24.5 Å². The molecule has 4 heteroatoms. The minimum Gasteiger partial charge on any atom is -0.331 e. The second kappa shape index (κ2) is 5.68. The van der Waals surface area contributed by atoms with Crippen LogP contribution in [0, 0.1) is 11.3 Å². The summed E-state index contributed by atoms with van der Waals surface area (Å²) in [6, 6.07) is 12.2. The van der Waals surface area contributed by atoms with Crippen LogP contribution in [0.25, 0.3) is 11.4 Å². The first kappa shape index (κ1) is 13.3. The van der Waals surface area contributed by atoms with E-state index < -0.39 is 5.54 Å². The van der Waals surface area contributed by atoms with E-state index in [-0.39, 0.29) is 0 Å². The first-order valence-electron chi connectivity index (χ1n) is 6.39. The van der Waals surface area contributed by atoms with Crippen molar-refractivity contribution < 1.29 is 0 Å². The summed E-state index contributed by atoms with van der Waals surface area (Å²) in [4.78, 5) is 4.39. The van der Waals surface area contributed by atoms with Crippen LogP contribution in [0.15, 0.2) is 42.7 Å². The Kier molecular flexibility index (Phi) is 3.98. The molecule has 0 amide bonds. The van der Waals surface area contributed by atoms with E-state index in [0.29, 0.717) is 6.42 Å². The number of nitrogens with zero attached hydrogens (tertiary/aromatic N) is 3. The predicted molar refractivity (Wildman–Crippen MR) is 75.1 cm³/mol. The first-order chi connectivity index (χ1) is 9.12. The second-order valence-electron chi connectivity index (χ2n) is 4.94. The van der Waals surface area contributed by atoms with E-state index in [1.54, 1.807) is 13.1 Å². The molecule has 1 atom stereocenters. The van der Waals surface area contributed by atoms with Gasteiger partial charge < -0.3 is 10.3 Å². The van der Waals surface area contributed by atoms with Gasteiger partial charge in [-0.1, -0.05) is 30.3 Å². The lowest BCUT2D eigenvalue weighted by Gasteiger charge is -2.15. The van der Waals surface area contributed by atoms with E-state index in [1.165, 1.54) is 0 Å². The number of hydrogen-bond donors (Lipinski definition) is 1. The Morgan fingerprint density at radius 2 is 2.11 bits per heavy atom. The molecule has 0 fully saturated rings. The van der Waals surface area contributed by atoms with Crippen molar-refractivity contribution >= 4 is 0 Å². The highest BCUT2D eigenvalue weighted by molar-refractivity contribution is 5.55. The average molecular weight is 254 g/mol. The molecule has 0 saturated heterocycles. The maximum atomic E-state index is 8.89. The number of rotatable bonds is 5. The zero-order chi connectivity index (χ0) is 13.7. The van der Waals surface area contributed by atoms with Gasteiger partial charge in [-0.15, -0.1) is 0 Å². The van der Waals surface area contributed by atoms with Crippen LogP contribution in [0.2, 0.25) is 0 Å². The highest BCUT2D eigenvalue weighted by atomic mass is 15.1. The number of aryl methyl sites for hydroxylation is 1. The SMILES string of the molecule is CC(N)(C#N)CCCn1ccnc1-c1ccccc1. The van der Waals surface area contributed by atoms with Crippen molar-refractivity contribution in [2.75, 3.05) is 0 Å². The van der Waals surface area contributed by atoms with Crippen molar-refractivity contribution in [1.82, 2.24) is 9.55 Å². The van der Waals surface area contributed by atoms with E-state index in [0.717, 1.165) is 24.4 Å². The van der Waals surface area contributed by atoms with Gasteiger partial charge in [-0.3, -0.25) is 0 Å². The van der Waals surface area contributed by atoms with Crippen LogP contribution in [0.5, 0.6) is 0 Å². The van der Waals surface area contributed by atoms with Gasteiger partial charge in [-0.05, 0) is 19.8 Å². The Morgan fingerprint density at radius 1 is 1.37 bits per heavy atom. The topological polar surface area (TPSA) is 67.6 Å². The van der Waals surface area contributed by atoms with Gasteiger partial charge in [-0.25, -0.2) is 4.98 Å². The molecule has 1 heterocycles. The van der Waals surface area contributed by atoms with Crippen molar-refractivity contribution in [3.8, 4) is 17.5 Å². The summed E-state index contributed by atoms with van der Waals surface area (Å²) in [6.45, 7) is 2.58. The van der Waals surface area contributed by atoms with Gasteiger partial charge in [0.2, 0.25) is 0 Å². The molecule has 0 aliphatic heterocycles. The smallest absolute Gasteiger partial charge is 0.139 e. The molecule has 2 rings (SSSR count). The lowest BCUT2D eigenvalue weighted by atomic mass is 9.99. The largest absolute Gasteiger partial charge is 0.331 e. The van der Waals surface area contributed by atoms with E-state index in [4.69, 9.17) is 11.0 Å². The van der Waals surface area contributed by atoms with E-state index in [2.05, 4.69) is 15.6 Å². The molecule has 0 bridgehead atoms. The number of benzene rings is 1. The molecule has 19 heavy (non-hydrogen) atoms. The molecule has 1 aromatic heterocycles. The van der Waals surface area contributed by atoms with Gasteiger partial charge in [0.15, 0.2) is 0 Å². The normalized spacial score (nSPS) is 13.7. The van der Waals surface area contributed by atoms with Crippen molar-refractivity contribution in [3.63, 3.8) is 0 Å². The molecule has 98 valence electrons. The Morgan fingerprint density at radius 3 is 2.79 bits per heavy atom. The molecule has 0 aliphatic carbocycles. The molecule has 2 aromatic rings. The Bertz CT molecular complexity index is 563. The quantitative estimate of drug-likeness (QED) is 0.891. The van der Waals surface area contributed by atoms with Crippen LogP contribution in [-0.2, 0) is 6.54 Å². The average Bonchev–Trinajstić information content (AvgIpc) is 2.88. The van der Waals surface area contributed by atoms with Gasteiger partial charge in [0.05, 0.1) is 6.07 Å². The third-order valence-electron chi connectivity index (χ3n) is 3.10. The van der Waals surface area contributed by atoms with E-state index in [9.17, 15) is 0 Å². The standard InChI is InChI=1S/C15H18N4/c1-15(17,12-16)8-5-10-19-11-9-18-14(19)13-6-3-2-4-7-13/h2-4,6-7,9,11H,5,8,10,17H2,1H3. The number of imidazole rings is 1. The summed E-state index contributed by atoms with van der Waals surface area (Å²) < 4.78 is 2.10. The molecule has 0 aliphatic rings. The molecule has 0 spiro atoms. The molecular formula is C15H18N4. The van der Waals surface area contributed by atoms with E-state index >= 15 is 0 Å². The summed E-state index contributed by atoms with van der Waals surface area (Å²) in [5.74, 6) is 0.955. The zero-order valence-electron chi connectivity index (χ0n) is 11.1. The summed E-state index contributed by atoms with van der Waals surface area (Å²) in [7, 11) is 0. The molecular weight excluding hydrogens is 236 g/mol. The van der Waals surface area contributed by atoms with Crippen molar-refractivity contribution in [3.05, 3.63) is 42.7 Å².